The second kappa shape index (κ2) is 8.46. The highest BCUT2D eigenvalue weighted by Crippen LogP contribution is 2.56. The number of halogens is 5. The Bertz CT molecular complexity index is 1530. The Labute approximate surface area is 279 Å². The lowest BCUT2D eigenvalue weighted by Crippen LogP contribution is -2.74. The van der Waals surface area contributed by atoms with Crippen LogP contribution >= 0.6 is 0 Å². The van der Waals surface area contributed by atoms with E-state index in [0.717, 1.165) is 17.1 Å². The number of ether oxygens (including phenoxy) is 1. The van der Waals surface area contributed by atoms with Gasteiger partial charge in [0.05, 0.1) is 17.0 Å². The normalized spacial score (nSPS) is 33.9. The molecule has 2 aliphatic heterocycles. The number of nitrogens with zero attached hydrogens (tertiary/aromatic N) is 3. The first-order valence-corrected chi connectivity index (χ1v) is 14.4. The second-order valence-corrected chi connectivity index (χ2v) is 13.9. The summed E-state index contributed by atoms with van der Waals surface area (Å²) in [6.07, 6.45) is -2.71. The largest absolute Gasteiger partial charge is 0.418 e. The molecule has 290 valence electrons. The van der Waals surface area contributed by atoms with E-state index >= 15 is 4.39 Å². The lowest BCUT2D eigenvalue weighted by atomic mass is 9.67. The van der Waals surface area contributed by atoms with Gasteiger partial charge in [0, 0.05) is 88.2 Å². The third-order valence-corrected chi connectivity index (χ3v) is 11.3. The molecule has 5 atom stereocenters. The summed E-state index contributed by atoms with van der Waals surface area (Å²) >= 11 is 0. The Morgan fingerprint density at radius 2 is 1.77 bits per heavy atom. The first-order valence-electron chi connectivity index (χ1n) is 12.9. The van der Waals surface area contributed by atoms with Crippen LogP contribution in [-0.4, -0.2) is 51.1 Å². The maximum absolute atomic E-state index is 15.5. The van der Waals surface area contributed by atoms with Crippen LogP contribution in [0.15, 0.2) is 12.3 Å². The number of aromatic nitrogens is 2. The molecule has 2 N–H and O–H groups in total. The van der Waals surface area contributed by atoms with Crippen molar-refractivity contribution in [1.29, 1.82) is 0 Å². The predicted octanol–water partition coefficient (Wildman–Crippen LogP) is 13.8. The third-order valence-electron chi connectivity index (χ3n) is 9.28. The van der Waals surface area contributed by atoms with Crippen molar-refractivity contribution in [1.82, 2.24) is 14.1 Å². The van der Waals surface area contributed by atoms with Gasteiger partial charge in [-0.05, 0) is 78.0 Å². The Hall–Kier alpha value is -2.09. The van der Waals surface area contributed by atoms with Gasteiger partial charge < -0.3 is 10.5 Å². The van der Waals surface area contributed by atoms with Crippen LogP contribution in [0.4, 0.5) is 22.0 Å². The quantitative estimate of drug-likeness (QED) is 0.331. The average molecular weight is 651 g/mol. The molecule has 0 radical (unpaired) electrons. The van der Waals surface area contributed by atoms with E-state index in [2.05, 4.69) is 5.10 Å². The molecule has 1 saturated heterocycles. The number of fused-ring (bicyclic) bond motifs is 1. The molecule has 5 rings (SSSR count). The minimum absolute atomic E-state index is 0. The van der Waals surface area contributed by atoms with Crippen molar-refractivity contribution in [2.75, 3.05) is 0 Å². The Kier molecular flexibility index (Phi) is 6.17. The van der Waals surface area contributed by atoms with Gasteiger partial charge in [0.15, 0.2) is 5.60 Å². The van der Waals surface area contributed by atoms with Crippen LogP contribution in [0, 0.1) is 25.5 Å². The van der Waals surface area contributed by atoms with Crippen molar-refractivity contribution in [3.63, 3.8) is 0 Å². The first kappa shape index (κ1) is 28.4. The standard InChI is InChI=1S/C26H33F5N4O3S.37H2/c1-13-14(2)22(28)18(9-19(13)27)24(5)23(4,32)10-21(25(6,38-24)26(29,30)31)34-12-20-17(15(34)3)11-35(33-20)39(36,37)16-7-8-16;;;;;;;;;;;;;;;;;;;;;;;;;;;;;;;;;;;;;/h9,11,15-16,21H,7-8,10,12,32H2,1-6H3;37*1H/t15?,21-,23+,24-,25+;;;;;;;;;;;;;;;;;;;;;;;;;;;;;;;;;;;;;/m1...................................../s1. The van der Waals surface area contributed by atoms with E-state index in [1.165, 1.54) is 33.9 Å². The van der Waals surface area contributed by atoms with Crippen molar-refractivity contribution in [2.24, 2.45) is 5.73 Å². The summed E-state index contributed by atoms with van der Waals surface area (Å²) in [7, 11) is -3.64. The molecule has 2 fully saturated rings. The Balaban J connectivity index is -0.0000000161. The van der Waals surface area contributed by atoms with Gasteiger partial charge in [-0.25, -0.2) is 17.2 Å². The first-order chi connectivity index (χ1) is 17.8. The van der Waals surface area contributed by atoms with E-state index in [4.69, 9.17) is 10.5 Å². The highest BCUT2D eigenvalue weighted by molar-refractivity contribution is 7.90. The fourth-order valence-electron chi connectivity index (χ4n) is 6.02. The number of rotatable bonds is 4. The summed E-state index contributed by atoms with van der Waals surface area (Å²) in [5.74, 6) is -1.63. The van der Waals surface area contributed by atoms with Crippen molar-refractivity contribution in [3.05, 3.63) is 51.8 Å². The second-order valence-electron chi connectivity index (χ2n) is 11.8. The van der Waals surface area contributed by atoms with Crippen LogP contribution in [-0.2, 0) is 26.9 Å². The van der Waals surface area contributed by atoms with Gasteiger partial charge in [0.1, 0.15) is 17.2 Å². The van der Waals surface area contributed by atoms with Crippen LogP contribution in [0.3, 0.4) is 0 Å². The molecule has 0 amide bonds. The highest BCUT2D eigenvalue weighted by atomic mass is 32.2. The molecule has 13 heteroatoms. The van der Waals surface area contributed by atoms with Crippen molar-refractivity contribution in [3.8, 4) is 0 Å². The summed E-state index contributed by atoms with van der Waals surface area (Å²) in [5, 5.41) is 3.73. The zero-order chi connectivity index (χ0) is 29.1. The molecule has 2 aromatic rings. The monoisotopic (exact) mass is 651 g/mol. The summed E-state index contributed by atoms with van der Waals surface area (Å²) < 4.78 is 107. The van der Waals surface area contributed by atoms with Gasteiger partial charge in [-0.1, -0.05) is 0 Å². The van der Waals surface area contributed by atoms with Gasteiger partial charge in [-0.3, -0.25) is 4.90 Å². The van der Waals surface area contributed by atoms with Gasteiger partial charge in [-0.2, -0.15) is 22.4 Å². The maximum Gasteiger partial charge on any atom is 0.418 e. The summed E-state index contributed by atoms with van der Waals surface area (Å²) in [5.41, 5.74) is 0.744. The number of nitrogens with two attached hydrogens (primary N) is 1. The van der Waals surface area contributed by atoms with Crippen LogP contribution in [0.25, 0.3) is 0 Å². The van der Waals surface area contributed by atoms with Crippen molar-refractivity contribution >= 4 is 10.0 Å². The van der Waals surface area contributed by atoms with E-state index < -0.39 is 61.9 Å². The SMILES string of the molecule is Cc1c(F)cc([C@@]2(C)O[C@](C)(C(F)(F)F)[C@H](N3Cc4nn(S(=O)(=O)C5CC5)cc4C3C)C[C@]2(C)N)c(F)c1C.[HH].[HH].[HH].[HH].[HH].[HH].[HH].[HH].[HH].[HH].[HH].[HH].[HH].[HH].[HH].[HH].[HH].[HH].[HH].[HH].[HH].[HH].[HH].[HH].[HH].[HH].[HH].[HH].[HH].[HH].[HH].[HH].[HH].[HH].[HH].[HH].[HH]. The van der Waals surface area contributed by atoms with Crippen LogP contribution < -0.4 is 5.73 Å². The average Bonchev–Trinajstić information content (AvgIpc) is 3.53. The number of benzene rings is 1. The molecule has 1 aliphatic carbocycles. The summed E-state index contributed by atoms with van der Waals surface area (Å²) in [6.45, 7) is 8.02. The number of alkyl halides is 3. The summed E-state index contributed by atoms with van der Waals surface area (Å²) in [4.78, 5) is 1.56. The number of hydrogen-bond donors (Lipinski definition) is 1. The zero-order valence-corrected chi connectivity index (χ0v) is 23.5. The summed E-state index contributed by atoms with van der Waals surface area (Å²) in [6, 6.07) is -1.09. The van der Waals surface area contributed by atoms with Crippen LogP contribution in [0.5, 0.6) is 0 Å². The van der Waals surface area contributed by atoms with E-state index in [-0.39, 0.29) is 82.4 Å². The molecule has 7 nitrogen and oxygen atoms in total. The van der Waals surface area contributed by atoms with Crippen molar-refractivity contribution < 1.29 is 87.9 Å². The molecule has 3 heterocycles. The van der Waals surface area contributed by atoms with E-state index in [1.54, 1.807) is 11.8 Å². The Morgan fingerprint density at radius 1 is 1.15 bits per heavy atom. The lowest BCUT2D eigenvalue weighted by Gasteiger charge is -2.59. The van der Waals surface area contributed by atoms with Crippen LogP contribution in [0.1, 0.15) is 134 Å². The topological polar surface area (TPSA) is 90.5 Å². The Morgan fingerprint density at radius 3 is 2.31 bits per heavy atom. The fraction of sp³-hybridized carbons (Fsp3) is 0.654. The minimum Gasteiger partial charge on any atom is -0.351 e. The van der Waals surface area contributed by atoms with E-state index in [1.807, 2.05) is 0 Å². The minimum atomic E-state index is -4.92. The maximum atomic E-state index is 15.5. The van der Waals surface area contributed by atoms with E-state index in [0.29, 0.717) is 24.1 Å². The number of hydrogen-bond acceptors (Lipinski definition) is 6. The molecule has 1 unspecified atom stereocenters. The van der Waals surface area contributed by atoms with Gasteiger partial charge >= 0.3 is 6.18 Å². The zero-order valence-electron chi connectivity index (χ0n) is 22.7. The van der Waals surface area contributed by atoms with Crippen LogP contribution in [0.2, 0.25) is 0 Å². The molecule has 1 aromatic carbocycles. The molecule has 0 bridgehead atoms. The highest BCUT2D eigenvalue weighted by Gasteiger charge is 2.69. The molecule has 39 heavy (non-hydrogen) atoms. The van der Waals surface area contributed by atoms with Gasteiger partial charge in [0.2, 0.25) is 0 Å². The smallest absolute Gasteiger partial charge is 0.351 e. The van der Waals surface area contributed by atoms with E-state index in [9.17, 15) is 26.0 Å². The fourth-order valence-corrected chi connectivity index (χ4v) is 7.53. The molecule has 1 saturated carbocycles. The molecule has 1 aromatic heterocycles. The van der Waals surface area contributed by atoms with Gasteiger partial charge in [-0.15, -0.1) is 0 Å². The molecule has 3 aliphatic rings. The van der Waals surface area contributed by atoms with Crippen molar-refractivity contribution in [2.45, 2.75) is 108 Å². The molecular formula is C26H107F5N4O3S. The molecule has 0 spiro atoms. The molecular weight excluding hydrogens is 543 g/mol. The third kappa shape index (κ3) is 3.98. The van der Waals surface area contributed by atoms with Gasteiger partial charge in [0.25, 0.3) is 10.0 Å². The lowest BCUT2D eigenvalue weighted by molar-refractivity contribution is -0.354. The predicted molar refractivity (Wildman–Crippen MR) is 211 cm³/mol.